The van der Waals surface area contributed by atoms with Gasteiger partial charge in [0.1, 0.15) is 28.6 Å². The monoisotopic (exact) mass is 407 g/mol. The Balaban J connectivity index is 1.48. The molecule has 4 heterocycles. The molecule has 0 bridgehead atoms. The highest BCUT2D eigenvalue weighted by molar-refractivity contribution is 7.15. The number of hydrogen-bond donors (Lipinski definition) is 1. The first kappa shape index (κ1) is 19.5. The summed E-state index contributed by atoms with van der Waals surface area (Å²) in [6, 6.07) is 9.76. The van der Waals surface area contributed by atoms with Crippen LogP contribution in [0.1, 0.15) is 43.9 Å². The summed E-state index contributed by atoms with van der Waals surface area (Å²) in [4.78, 5) is 28.5. The number of rotatable bonds is 6. The second kappa shape index (κ2) is 8.69. The highest BCUT2D eigenvalue weighted by Gasteiger charge is 2.22. The van der Waals surface area contributed by atoms with Crippen molar-refractivity contribution in [2.45, 2.75) is 45.1 Å². The van der Waals surface area contributed by atoms with Crippen LogP contribution >= 0.6 is 11.3 Å². The van der Waals surface area contributed by atoms with E-state index in [0.29, 0.717) is 5.92 Å². The van der Waals surface area contributed by atoms with Crippen LogP contribution in [-0.4, -0.2) is 33.8 Å². The van der Waals surface area contributed by atoms with Crippen LogP contribution in [0.15, 0.2) is 42.7 Å². The first-order valence-electron chi connectivity index (χ1n) is 10.0. The van der Waals surface area contributed by atoms with Crippen molar-refractivity contribution in [1.29, 1.82) is 0 Å². The number of piperidine rings is 1. The Kier molecular flexibility index (Phi) is 5.85. The first-order chi connectivity index (χ1) is 14.1. The summed E-state index contributed by atoms with van der Waals surface area (Å²) in [6.45, 7) is 5.23. The van der Waals surface area contributed by atoms with Gasteiger partial charge in [0.15, 0.2) is 0 Å². The molecule has 1 fully saturated rings. The minimum absolute atomic E-state index is 0.0447. The predicted molar refractivity (Wildman–Crippen MR) is 118 cm³/mol. The van der Waals surface area contributed by atoms with Crippen LogP contribution in [0.4, 0.5) is 17.3 Å². The fraction of sp³-hybridized carbons (Fsp3) is 0.364. The third-order valence-electron chi connectivity index (χ3n) is 5.10. The molecule has 1 saturated heterocycles. The second-order valence-electron chi connectivity index (χ2n) is 7.55. The van der Waals surface area contributed by atoms with Crippen LogP contribution in [0.5, 0.6) is 0 Å². The SMILES string of the molecule is CC(C)c1cnc(-c2cccc(Nc3ccc(N4CCCCC4C=O)cn3)n2)s1. The van der Waals surface area contributed by atoms with E-state index in [9.17, 15) is 4.79 Å². The standard InChI is InChI=1S/C22H25N5OS/c1-15(2)19-13-24-22(29-19)18-7-5-8-21(25-18)26-20-10-9-16(12-23-20)27-11-4-3-6-17(27)14-28/h5,7-10,12-15,17H,3-4,6,11H2,1-2H3,(H,23,25,26). The lowest BCUT2D eigenvalue weighted by Crippen LogP contribution is -2.40. The minimum atomic E-state index is -0.0447. The van der Waals surface area contributed by atoms with Crippen LogP contribution in [0, 0.1) is 0 Å². The van der Waals surface area contributed by atoms with Crippen LogP contribution in [0.25, 0.3) is 10.7 Å². The molecule has 150 valence electrons. The van der Waals surface area contributed by atoms with E-state index in [1.54, 1.807) is 11.3 Å². The summed E-state index contributed by atoms with van der Waals surface area (Å²) < 4.78 is 0. The van der Waals surface area contributed by atoms with Crippen molar-refractivity contribution in [3.05, 3.63) is 47.6 Å². The molecule has 0 aromatic carbocycles. The molecule has 0 amide bonds. The number of anilines is 3. The average Bonchev–Trinajstić information content (AvgIpc) is 3.25. The highest BCUT2D eigenvalue weighted by Crippen LogP contribution is 2.29. The molecule has 1 atom stereocenters. The highest BCUT2D eigenvalue weighted by atomic mass is 32.1. The Morgan fingerprint density at radius 1 is 1.14 bits per heavy atom. The zero-order chi connectivity index (χ0) is 20.2. The van der Waals surface area contributed by atoms with Crippen molar-refractivity contribution in [1.82, 2.24) is 15.0 Å². The number of pyridine rings is 2. The van der Waals surface area contributed by atoms with Crippen molar-refractivity contribution in [3.8, 4) is 10.7 Å². The van der Waals surface area contributed by atoms with Crippen molar-refractivity contribution in [3.63, 3.8) is 0 Å². The van der Waals surface area contributed by atoms with Gasteiger partial charge >= 0.3 is 0 Å². The average molecular weight is 408 g/mol. The van der Waals surface area contributed by atoms with Crippen LogP contribution in [0.3, 0.4) is 0 Å². The van der Waals surface area contributed by atoms with Gasteiger partial charge in [0, 0.05) is 17.6 Å². The molecule has 3 aromatic heterocycles. The lowest BCUT2D eigenvalue weighted by Gasteiger charge is -2.34. The molecular formula is C22H25N5OS. The van der Waals surface area contributed by atoms with Gasteiger partial charge in [0.05, 0.1) is 17.9 Å². The van der Waals surface area contributed by atoms with Gasteiger partial charge in [-0.3, -0.25) is 0 Å². The Bertz CT molecular complexity index is 969. The van der Waals surface area contributed by atoms with Crippen LogP contribution in [-0.2, 0) is 4.79 Å². The molecule has 0 aliphatic carbocycles. The summed E-state index contributed by atoms with van der Waals surface area (Å²) in [5.41, 5.74) is 1.84. The summed E-state index contributed by atoms with van der Waals surface area (Å²) in [5, 5.41) is 4.19. The van der Waals surface area contributed by atoms with Gasteiger partial charge in [-0.05, 0) is 49.4 Å². The number of nitrogens with one attached hydrogen (secondary N) is 1. The summed E-state index contributed by atoms with van der Waals surface area (Å²) in [7, 11) is 0. The first-order valence-corrected chi connectivity index (χ1v) is 10.8. The third-order valence-corrected chi connectivity index (χ3v) is 6.42. The summed E-state index contributed by atoms with van der Waals surface area (Å²) >= 11 is 1.68. The van der Waals surface area contributed by atoms with E-state index >= 15 is 0 Å². The molecule has 0 radical (unpaired) electrons. The fourth-order valence-corrected chi connectivity index (χ4v) is 4.36. The summed E-state index contributed by atoms with van der Waals surface area (Å²) in [5.74, 6) is 1.91. The van der Waals surface area contributed by atoms with Gasteiger partial charge in [0.25, 0.3) is 0 Å². The quantitative estimate of drug-likeness (QED) is 0.578. The van der Waals surface area contributed by atoms with Crippen LogP contribution < -0.4 is 10.2 Å². The predicted octanol–water partition coefficient (Wildman–Crippen LogP) is 5.02. The molecule has 7 heteroatoms. The normalized spacial score (nSPS) is 16.8. The van der Waals surface area contributed by atoms with Gasteiger partial charge in [-0.15, -0.1) is 11.3 Å². The van der Waals surface area contributed by atoms with E-state index in [0.717, 1.165) is 60.1 Å². The molecule has 3 aromatic rings. The second-order valence-corrected chi connectivity index (χ2v) is 8.61. The molecule has 6 nitrogen and oxygen atoms in total. The van der Waals surface area contributed by atoms with Gasteiger partial charge in [0.2, 0.25) is 0 Å². The number of hydrogen-bond acceptors (Lipinski definition) is 7. The third kappa shape index (κ3) is 4.45. The Hall–Kier alpha value is -2.80. The van der Waals surface area contributed by atoms with E-state index in [2.05, 4.69) is 39.0 Å². The lowest BCUT2D eigenvalue weighted by atomic mass is 10.0. The smallest absolute Gasteiger partial charge is 0.142 e. The molecule has 1 unspecified atom stereocenters. The molecular weight excluding hydrogens is 382 g/mol. The number of aldehydes is 1. The fourth-order valence-electron chi connectivity index (χ4n) is 3.48. The molecule has 4 rings (SSSR count). The maximum atomic E-state index is 11.4. The zero-order valence-corrected chi connectivity index (χ0v) is 17.5. The van der Waals surface area contributed by atoms with Crippen LogP contribution in [0.2, 0.25) is 0 Å². The number of nitrogens with zero attached hydrogens (tertiary/aromatic N) is 4. The topological polar surface area (TPSA) is 71.0 Å². The van der Waals surface area contributed by atoms with E-state index in [-0.39, 0.29) is 6.04 Å². The summed E-state index contributed by atoms with van der Waals surface area (Å²) in [6.07, 6.45) is 7.92. The molecule has 1 aliphatic heterocycles. The number of carbonyl (C=O) groups excluding carboxylic acids is 1. The van der Waals surface area contributed by atoms with E-state index in [1.165, 1.54) is 4.88 Å². The van der Waals surface area contributed by atoms with Crippen molar-refractivity contribution in [2.75, 3.05) is 16.8 Å². The van der Waals surface area contributed by atoms with E-state index in [4.69, 9.17) is 0 Å². The van der Waals surface area contributed by atoms with Gasteiger partial charge in [-0.1, -0.05) is 19.9 Å². The van der Waals surface area contributed by atoms with Crippen molar-refractivity contribution < 1.29 is 4.79 Å². The van der Waals surface area contributed by atoms with Gasteiger partial charge < -0.3 is 15.0 Å². The maximum absolute atomic E-state index is 11.4. The molecule has 29 heavy (non-hydrogen) atoms. The Morgan fingerprint density at radius 3 is 2.76 bits per heavy atom. The molecule has 0 spiro atoms. The molecule has 1 aliphatic rings. The van der Waals surface area contributed by atoms with Crippen molar-refractivity contribution in [2.24, 2.45) is 0 Å². The maximum Gasteiger partial charge on any atom is 0.142 e. The zero-order valence-electron chi connectivity index (χ0n) is 16.7. The lowest BCUT2D eigenvalue weighted by molar-refractivity contribution is -0.109. The minimum Gasteiger partial charge on any atom is -0.361 e. The van der Waals surface area contributed by atoms with Gasteiger partial charge in [-0.25, -0.2) is 15.0 Å². The molecule has 0 saturated carbocycles. The Morgan fingerprint density at radius 2 is 2.03 bits per heavy atom. The van der Waals surface area contributed by atoms with Crippen molar-refractivity contribution >= 4 is 34.9 Å². The van der Waals surface area contributed by atoms with E-state index < -0.39 is 0 Å². The van der Waals surface area contributed by atoms with Gasteiger partial charge in [-0.2, -0.15) is 0 Å². The number of thiazole rings is 1. The molecule has 1 N–H and O–H groups in total. The number of aromatic nitrogens is 3. The van der Waals surface area contributed by atoms with E-state index in [1.807, 2.05) is 42.7 Å². The largest absolute Gasteiger partial charge is 0.361 e. The number of carbonyl (C=O) groups is 1. The Labute approximate surface area is 175 Å².